The second-order valence-corrected chi connectivity index (χ2v) is 4.72. The number of nitrogens with two attached hydrogens (primary N) is 1. The monoisotopic (exact) mass is 258 g/mol. The topological polar surface area (TPSA) is 100 Å². The minimum absolute atomic E-state index is 0.0663. The minimum Gasteiger partial charge on any atom is -0.351 e. The Hall–Kier alpha value is -2.50. The highest BCUT2D eigenvalue weighted by Crippen LogP contribution is 2.22. The van der Waals surface area contributed by atoms with Crippen molar-refractivity contribution < 1.29 is 9.59 Å². The molecule has 5 N–H and O–H groups in total. The molecule has 6 heteroatoms. The summed E-state index contributed by atoms with van der Waals surface area (Å²) < 4.78 is 0. The van der Waals surface area contributed by atoms with E-state index in [1.165, 1.54) is 0 Å². The van der Waals surface area contributed by atoms with Crippen LogP contribution < -0.4 is 16.4 Å². The zero-order valence-electron chi connectivity index (χ0n) is 10.2. The Balaban J connectivity index is 1.86. The first kappa shape index (κ1) is 11.6. The lowest BCUT2D eigenvalue weighted by Crippen LogP contribution is -2.25. The van der Waals surface area contributed by atoms with Crippen LogP contribution in [0.25, 0.3) is 10.9 Å². The first-order chi connectivity index (χ1) is 9.11. The van der Waals surface area contributed by atoms with E-state index in [2.05, 4.69) is 15.6 Å². The number of carbonyl (C=O) groups is 2. The van der Waals surface area contributed by atoms with Crippen molar-refractivity contribution in [2.75, 3.05) is 5.32 Å². The van der Waals surface area contributed by atoms with Crippen molar-refractivity contribution in [2.24, 2.45) is 5.73 Å². The molecule has 1 fully saturated rings. The molecule has 1 heterocycles. The Morgan fingerprint density at radius 3 is 2.74 bits per heavy atom. The summed E-state index contributed by atoms with van der Waals surface area (Å²) in [7, 11) is 0. The average molecular weight is 258 g/mol. The van der Waals surface area contributed by atoms with Crippen LogP contribution in [0, 0.1) is 0 Å². The van der Waals surface area contributed by atoms with Gasteiger partial charge in [0.15, 0.2) is 0 Å². The molecule has 0 bridgehead atoms. The number of benzene rings is 1. The number of carbonyl (C=O) groups excluding carboxylic acids is 2. The fourth-order valence-electron chi connectivity index (χ4n) is 1.96. The smallest absolute Gasteiger partial charge is 0.317 e. The zero-order chi connectivity index (χ0) is 13.4. The third-order valence-electron chi connectivity index (χ3n) is 3.06. The lowest BCUT2D eigenvalue weighted by Gasteiger charge is -2.02. The molecule has 98 valence electrons. The van der Waals surface area contributed by atoms with Crippen molar-refractivity contribution in [1.82, 2.24) is 10.3 Å². The van der Waals surface area contributed by atoms with Crippen molar-refractivity contribution in [2.45, 2.75) is 18.9 Å². The number of hydrogen-bond acceptors (Lipinski definition) is 2. The molecular weight excluding hydrogens is 244 g/mol. The number of amides is 3. The summed E-state index contributed by atoms with van der Waals surface area (Å²) in [4.78, 5) is 25.7. The van der Waals surface area contributed by atoms with E-state index in [1.54, 1.807) is 18.2 Å². The van der Waals surface area contributed by atoms with Gasteiger partial charge in [0.2, 0.25) is 0 Å². The van der Waals surface area contributed by atoms with Crippen LogP contribution in [0.5, 0.6) is 0 Å². The molecule has 0 radical (unpaired) electrons. The molecular formula is C13H14N4O2. The molecule has 1 saturated carbocycles. The van der Waals surface area contributed by atoms with Crippen molar-refractivity contribution in [3.63, 3.8) is 0 Å². The number of anilines is 1. The molecule has 0 atom stereocenters. The van der Waals surface area contributed by atoms with Crippen LogP contribution in [0.2, 0.25) is 0 Å². The normalized spacial score (nSPS) is 14.3. The van der Waals surface area contributed by atoms with Gasteiger partial charge in [-0.05, 0) is 31.0 Å². The molecule has 0 saturated heterocycles. The van der Waals surface area contributed by atoms with Crippen LogP contribution >= 0.6 is 0 Å². The van der Waals surface area contributed by atoms with Gasteiger partial charge in [-0.2, -0.15) is 0 Å². The number of H-pyrrole nitrogens is 1. The molecule has 1 aromatic heterocycles. The first-order valence-corrected chi connectivity index (χ1v) is 6.12. The lowest BCUT2D eigenvalue weighted by atomic mass is 10.1. The predicted octanol–water partition coefficient (Wildman–Crippen LogP) is 1.55. The zero-order valence-corrected chi connectivity index (χ0v) is 10.2. The SMILES string of the molecule is NC(=O)Nc1cc2ccc(C(=O)NC3CC3)cc2[nH]1. The summed E-state index contributed by atoms with van der Waals surface area (Å²) in [5, 5.41) is 6.31. The van der Waals surface area contributed by atoms with Gasteiger partial charge in [0.25, 0.3) is 5.91 Å². The van der Waals surface area contributed by atoms with Crippen LogP contribution in [0.1, 0.15) is 23.2 Å². The molecule has 0 aliphatic heterocycles. The molecule has 3 amide bonds. The Morgan fingerprint density at radius 1 is 1.26 bits per heavy atom. The molecule has 6 nitrogen and oxygen atoms in total. The van der Waals surface area contributed by atoms with Gasteiger partial charge in [0.1, 0.15) is 5.82 Å². The highest BCUT2D eigenvalue weighted by atomic mass is 16.2. The van der Waals surface area contributed by atoms with Crippen molar-refractivity contribution >= 4 is 28.7 Å². The van der Waals surface area contributed by atoms with Gasteiger partial charge in [-0.15, -0.1) is 0 Å². The summed E-state index contributed by atoms with van der Waals surface area (Å²) in [6.45, 7) is 0. The number of urea groups is 1. The van der Waals surface area contributed by atoms with E-state index in [9.17, 15) is 9.59 Å². The maximum atomic E-state index is 11.9. The maximum Gasteiger partial charge on any atom is 0.317 e. The van der Waals surface area contributed by atoms with E-state index in [0.29, 0.717) is 17.4 Å². The van der Waals surface area contributed by atoms with Crippen LogP contribution in [-0.2, 0) is 0 Å². The standard InChI is InChI=1S/C13H14N4O2/c14-13(19)17-11-6-7-1-2-8(5-10(7)16-11)12(18)15-9-3-4-9/h1-2,5-6,9,16H,3-4H2,(H,15,18)(H3,14,17,19). The number of aromatic amines is 1. The number of nitrogens with one attached hydrogen (secondary N) is 3. The van der Waals surface area contributed by atoms with Gasteiger partial charge in [-0.1, -0.05) is 6.07 Å². The van der Waals surface area contributed by atoms with Gasteiger partial charge < -0.3 is 16.0 Å². The highest BCUT2D eigenvalue weighted by molar-refractivity contribution is 5.99. The second-order valence-electron chi connectivity index (χ2n) is 4.72. The van der Waals surface area contributed by atoms with Crippen LogP contribution in [0.4, 0.5) is 10.6 Å². The van der Waals surface area contributed by atoms with E-state index in [4.69, 9.17) is 5.73 Å². The van der Waals surface area contributed by atoms with Gasteiger partial charge in [0.05, 0.1) is 0 Å². The van der Waals surface area contributed by atoms with Crippen LogP contribution in [0.15, 0.2) is 24.3 Å². The van der Waals surface area contributed by atoms with Crippen molar-refractivity contribution in [3.05, 3.63) is 29.8 Å². The average Bonchev–Trinajstić information content (AvgIpc) is 3.06. The summed E-state index contributed by atoms with van der Waals surface area (Å²) in [5.41, 5.74) is 6.44. The Kier molecular flexibility index (Phi) is 2.63. The van der Waals surface area contributed by atoms with Gasteiger partial charge >= 0.3 is 6.03 Å². The van der Waals surface area contributed by atoms with Crippen LogP contribution in [0.3, 0.4) is 0 Å². The quantitative estimate of drug-likeness (QED) is 0.671. The summed E-state index contributed by atoms with van der Waals surface area (Å²) in [6.07, 6.45) is 2.12. The fraction of sp³-hybridized carbons (Fsp3) is 0.231. The number of aromatic nitrogens is 1. The van der Waals surface area contributed by atoms with Crippen LogP contribution in [-0.4, -0.2) is 23.0 Å². The second kappa shape index (κ2) is 4.31. The van der Waals surface area contributed by atoms with Crippen molar-refractivity contribution in [1.29, 1.82) is 0 Å². The van der Waals surface area contributed by atoms with E-state index in [1.807, 2.05) is 6.07 Å². The third-order valence-corrected chi connectivity index (χ3v) is 3.06. The Bertz CT molecular complexity index is 658. The highest BCUT2D eigenvalue weighted by Gasteiger charge is 2.23. The van der Waals surface area contributed by atoms with Gasteiger partial charge in [-0.3, -0.25) is 10.1 Å². The van der Waals surface area contributed by atoms with E-state index in [-0.39, 0.29) is 5.91 Å². The summed E-state index contributed by atoms with van der Waals surface area (Å²) in [5.74, 6) is 0.450. The maximum absolute atomic E-state index is 11.9. The first-order valence-electron chi connectivity index (χ1n) is 6.12. The molecule has 1 aromatic carbocycles. The molecule has 1 aliphatic carbocycles. The minimum atomic E-state index is -0.627. The summed E-state index contributed by atoms with van der Waals surface area (Å²) >= 11 is 0. The Labute approximate surface area is 109 Å². The number of hydrogen-bond donors (Lipinski definition) is 4. The number of rotatable bonds is 3. The Morgan fingerprint density at radius 2 is 2.05 bits per heavy atom. The van der Waals surface area contributed by atoms with Gasteiger partial charge in [-0.25, -0.2) is 4.79 Å². The lowest BCUT2D eigenvalue weighted by molar-refractivity contribution is 0.0951. The molecule has 19 heavy (non-hydrogen) atoms. The largest absolute Gasteiger partial charge is 0.351 e. The third kappa shape index (κ3) is 2.52. The van der Waals surface area contributed by atoms with Gasteiger partial charge in [0, 0.05) is 22.5 Å². The molecule has 3 rings (SSSR count). The molecule has 0 spiro atoms. The van der Waals surface area contributed by atoms with E-state index >= 15 is 0 Å². The molecule has 2 aromatic rings. The van der Waals surface area contributed by atoms with E-state index < -0.39 is 6.03 Å². The molecule has 0 unspecified atom stereocenters. The predicted molar refractivity (Wildman–Crippen MR) is 72.0 cm³/mol. The van der Waals surface area contributed by atoms with E-state index in [0.717, 1.165) is 23.7 Å². The number of fused-ring (bicyclic) bond motifs is 1. The summed E-state index contributed by atoms with van der Waals surface area (Å²) in [6, 6.07) is 6.83. The molecule has 1 aliphatic rings. The fourth-order valence-corrected chi connectivity index (χ4v) is 1.96. The number of primary amides is 1. The van der Waals surface area contributed by atoms with Crippen molar-refractivity contribution in [3.8, 4) is 0 Å².